The monoisotopic (exact) mass is 397 g/mol. The Labute approximate surface area is 173 Å². The van der Waals surface area contributed by atoms with Crippen molar-refractivity contribution in [1.82, 2.24) is 19.6 Å². The fraction of sp³-hybridized carbons (Fsp3) is 0.292. The van der Waals surface area contributed by atoms with E-state index in [0.717, 1.165) is 53.2 Å². The highest BCUT2D eigenvalue weighted by molar-refractivity contribution is 5.94. The van der Waals surface area contributed by atoms with Gasteiger partial charge in [0.1, 0.15) is 17.5 Å². The van der Waals surface area contributed by atoms with E-state index in [9.17, 15) is 4.39 Å². The summed E-state index contributed by atoms with van der Waals surface area (Å²) in [5, 5.41) is 9.17. The fourth-order valence-corrected chi connectivity index (χ4v) is 4.32. The van der Waals surface area contributed by atoms with E-state index in [-0.39, 0.29) is 5.82 Å². The van der Waals surface area contributed by atoms with Crippen LogP contribution in [-0.2, 0) is 6.42 Å². The molecular weight excluding hydrogens is 377 g/mol. The average molecular weight is 397 g/mol. The third-order valence-electron chi connectivity index (χ3n) is 5.95. The van der Waals surface area contributed by atoms with Crippen molar-refractivity contribution in [3.05, 3.63) is 59.2 Å². The van der Waals surface area contributed by atoms with Gasteiger partial charge in [-0.1, -0.05) is 17.9 Å². The zero-order valence-corrected chi connectivity index (χ0v) is 16.7. The maximum atomic E-state index is 14.2. The largest absolute Gasteiger partial charge is 0.325 e. The van der Waals surface area contributed by atoms with Crippen LogP contribution in [0.4, 0.5) is 15.9 Å². The molecule has 6 heteroatoms. The molecular formula is C24H20FN5. The van der Waals surface area contributed by atoms with Gasteiger partial charge in [0.15, 0.2) is 0 Å². The van der Waals surface area contributed by atoms with E-state index in [1.807, 2.05) is 11.3 Å². The number of benzene rings is 2. The molecule has 5 nitrogen and oxygen atoms in total. The molecule has 148 valence electrons. The molecule has 1 fully saturated rings. The molecule has 1 aliphatic heterocycles. The average Bonchev–Trinajstić information content (AvgIpc) is 3.52. The van der Waals surface area contributed by atoms with Crippen LogP contribution in [0.2, 0.25) is 0 Å². The molecule has 0 bridgehead atoms. The number of rotatable bonds is 1. The lowest BCUT2D eigenvalue weighted by atomic mass is 9.96. The molecule has 6 rings (SSSR count). The summed E-state index contributed by atoms with van der Waals surface area (Å²) in [6.07, 6.45) is 4.41. The minimum Gasteiger partial charge on any atom is -0.325 e. The van der Waals surface area contributed by atoms with Crippen molar-refractivity contribution in [1.29, 1.82) is 0 Å². The molecule has 30 heavy (non-hydrogen) atoms. The predicted molar refractivity (Wildman–Crippen MR) is 114 cm³/mol. The summed E-state index contributed by atoms with van der Waals surface area (Å²) >= 11 is 0. The fourth-order valence-electron chi connectivity index (χ4n) is 4.32. The second kappa shape index (κ2) is 6.53. The van der Waals surface area contributed by atoms with Gasteiger partial charge < -0.3 is 4.90 Å². The molecule has 4 aromatic rings. The summed E-state index contributed by atoms with van der Waals surface area (Å²) in [5.41, 5.74) is 4.30. The molecule has 0 atom stereocenters. The number of halogens is 1. The molecule has 1 saturated carbocycles. The van der Waals surface area contributed by atoms with Crippen molar-refractivity contribution in [2.45, 2.75) is 32.6 Å². The lowest BCUT2D eigenvalue weighted by Crippen LogP contribution is -2.26. The van der Waals surface area contributed by atoms with Crippen molar-refractivity contribution in [2.24, 2.45) is 5.92 Å². The number of fused-ring (bicyclic) bond motifs is 4. The van der Waals surface area contributed by atoms with Crippen LogP contribution in [0, 0.1) is 30.5 Å². The zero-order valence-electron chi connectivity index (χ0n) is 16.7. The van der Waals surface area contributed by atoms with E-state index in [4.69, 9.17) is 4.98 Å². The maximum Gasteiger partial charge on any atom is 0.257 e. The van der Waals surface area contributed by atoms with E-state index < -0.39 is 0 Å². The molecule has 0 N–H and O–H groups in total. The lowest BCUT2D eigenvalue weighted by molar-refractivity contribution is 0.629. The van der Waals surface area contributed by atoms with Gasteiger partial charge in [0.05, 0.1) is 5.52 Å². The van der Waals surface area contributed by atoms with E-state index in [1.54, 1.807) is 12.1 Å². The summed E-state index contributed by atoms with van der Waals surface area (Å²) in [6.45, 7) is 2.69. The van der Waals surface area contributed by atoms with Gasteiger partial charge in [0.2, 0.25) is 0 Å². The molecule has 0 unspecified atom stereocenters. The number of nitrogens with zero attached hydrogens (tertiary/aromatic N) is 5. The molecule has 2 aromatic heterocycles. The van der Waals surface area contributed by atoms with Gasteiger partial charge in [0, 0.05) is 29.1 Å². The molecule has 0 amide bonds. The van der Waals surface area contributed by atoms with Gasteiger partial charge in [-0.25, -0.2) is 4.39 Å². The Morgan fingerprint density at radius 1 is 1.13 bits per heavy atom. The van der Waals surface area contributed by atoms with Gasteiger partial charge in [-0.05, 0) is 68.5 Å². The van der Waals surface area contributed by atoms with E-state index in [0.29, 0.717) is 11.7 Å². The van der Waals surface area contributed by atoms with Crippen LogP contribution >= 0.6 is 0 Å². The van der Waals surface area contributed by atoms with Crippen LogP contribution in [0.1, 0.15) is 36.2 Å². The first-order valence-electron chi connectivity index (χ1n) is 10.4. The lowest BCUT2D eigenvalue weighted by Gasteiger charge is -2.32. The van der Waals surface area contributed by atoms with Gasteiger partial charge in [0.25, 0.3) is 5.78 Å². The van der Waals surface area contributed by atoms with Crippen molar-refractivity contribution >= 4 is 28.2 Å². The standard InChI is InChI=1S/C24H20FN5/c1-15-27-28-24-26-23(20-14-18(25)11-12-22(20)30(15)24)29-13-3-5-19-17(4-2-6-21(19)29)10-9-16-7-8-16/h2,4,6,11-12,14,16H,3,5,7-8,13H2,1H3. The molecule has 0 saturated heterocycles. The van der Waals surface area contributed by atoms with Gasteiger partial charge in [-0.15, -0.1) is 10.2 Å². The third-order valence-corrected chi connectivity index (χ3v) is 5.95. The number of aromatic nitrogens is 4. The number of hydrogen-bond acceptors (Lipinski definition) is 4. The number of aryl methyl sites for hydroxylation is 1. The molecule has 1 aliphatic carbocycles. The van der Waals surface area contributed by atoms with E-state index >= 15 is 0 Å². The smallest absolute Gasteiger partial charge is 0.257 e. The second-order valence-electron chi connectivity index (χ2n) is 8.08. The first-order chi connectivity index (χ1) is 14.7. The van der Waals surface area contributed by atoms with Gasteiger partial charge in [-0.3, -0.25) is 4.40 Å². The summed E-state index contributed by atoms with van der Waals surface area (Å²) in [5.74, 6) is 9.05. The summed E-state index contributed by atoms with van der Waals surface area (Å²) in [7, 11) is 0. The summed E-state index contributed by atoms with van der Waals surface area (Å²) in [4.78, 5) is 7.00. The molecule has 2 aliphatic rings. The van der Waals surface area contributed by atoms with Crippen LogP contribution in [0.25, 0.3) is 16.7 Å². The van der Waals surface area contributed by atoms with Crippen molar-refractivity contribution in [3.8, 4) is 11.8 Å². The minimum atomic E-state index is -0.281. The Bertz CT molecular complexity index is 1370. The first-order valence-corrected chi connectivity index (χ1v) is 10.4. The van der Waals surface area contributed by atoms with Crippen LogP contribution < -0.4 is 4.90 Å². The molecule has 0 radical (unpaired) electrons. The van der Waals surface area contributed by atoms with Crippen molar-refractivity contribution in [3.63, 3.8) is 0 Å². The highest BCUT2D eigenvalue weighted by atomic mass is 19.1. The highest BCUT2D eigenvalue weighted by Crippen LogP contribution is 2.38. The normalized spacial score (nSPS) is 15.9. The van der Waals surface area contributed by atoms with Gasteiger partial charge in [-0.2, -0.15) is 4.98 Å². The van der Waals surface area contributed by atoms with Crippen LogP contribution in [0.15, 0.2) is 36.4 Å². The molecule has 2 aromatic carbocycles. The topological polar surface area (TPSA) is 46.3 Å². The van der Waals surface area contributed by atoms with Crippen molar-refractivity contribution < 1.29 is 4.39 Å². The SMILES string of the molecule is Cc1nnc2nc(N3CCCc4c(C#CC5CC5)cccc43)c3cc(F)ccc3n12. The first kappa shape index (κ1) is 17.4. The summed E-state index contributed by atoms with van der Waals surface area (Å²) < 4.78 is 16.1. The molecule has 3 heterocycles. The Morgan fingerprint density at radius 3 is 2.90 bits per heavy atom. The van der Waals surface area contributed by atoms with Crippen LogP contribution in [0.3, 0.4) is 0 Å². The number of anilines is 2. The minimum absolute atomic E-state index is 0.281. The van der Waals surface area contributed by atoms with Crippen LogP contribution in [0.5, 0.6) is 0 Å². The zero-order chi connectivity index (χ0) is 20.2. The maximum absolute atomic E-state index is 14.2. The molecule has 0 spiro atoms. The van der Waals surface area contributed by atoms with Gasteiger partial charge >= 0.3 is 0 Å². The quantitative estimate of drug-likeness (QED) is 0.442. The van der Waals surface area contributed by atoms with Crippen molar-refractivity contribution in [2.75, 3.05) is 11.4 Å². The predicted octanol–water partition coefficient (Wildman–Crippen LogP) is 4.57. The second-order valence-corrected chi connectivity index (χ2v) is 8.08. The third kappa shape index (κ3) is 2.73. The Morgan fingerprint density at radius 2 is 2.03 bits per heavy atom. The number of hydrogen-bond donors (Lipinski definition) is 0. The summed E-state index contributed by atoms with van der Waals surface area (Å²) in [6, 6.07) is 11.1. The Balaban J connectivity index is 1.58. The van der Waals surface area contributed by atoms with E-state index in [2.05, 4.69) is 45.1 Å². The van der Waals surface area contributed by atoms with Crippen LogP contribution in [-0.4, -0.2) is 26.1 Å². The Kier molecular flexibility index (Phi) is 3.79. The highest BCUT2D eigenvalue weighted by Gasteiger charge is 2.25. The Hall–Kier alpha value is -3.46. The van der Waals surface area contributed by atoms with E-state index in [1.165, 1.54) is 24.5 Å².